The van der Waals surface area contributed by atoms with Gasteiger partial charge in [0.05, 0.1) is 17.9 Å². The number of benzene rings is 2. The summed E-state index contributed by atoms with van der Waals surface area (Å²) in [6.07, 6.45) is 1.08. The first-order valence-electron chi connectivity index (χ1n) is 13.1. The first-order chi connectivity index (χ1) is 18.4. The molecule has 0 radical (unpaired) electrons. The van der Waals surface area contributed by atoms with Crippen molar-refractivity contribution in [1.82, 2.24) is 15.2 Å². The molecule has 2 atom stereocenters. The number of likely N-dealkylation sites (tertiary alicyclic amines) is 1. The first-order valence-corrected chi connectivity index (χ1v) is 13.1. The Hall–Kier alpha value is -3.63. The van der Waals surface area contributed by atoms with Gasteiger partial charge in [0.2, 0.25) is 11.8 Å². The number of nitrogens with zero attached hydrogens (tertiary/aromatic N) is 3. The average Bonchev–Trinajstić information content (AvgIpc) is 3.15. The fraction of sp³-hybridized carbons (Fsp3) is 0.448. The van der Waals surface area contributed by atoms with E-state index in [0.717, 1.165) is 11.3 Å². The highest BCUT2D eigenvalue weighted by Gasteiger charge is 2.53. The van der Waals surface area contributed by atoms with Crippen molar-refractivity contribution in [2.45, 2.75) is 57.7 Å². The number of piperidine rings is 1. The van der Waals surface area contributed by atoms with Gasteiger partial charge in [-0.05, 0) is 55.9 Å². The van der Waals surface area contributed by atoms with Crippen LogP contribution in [0.2, 0.25) is 0 Å². The molecule has 2 heterocycles. The van der Waals surface area contributed by atoms with Crippen LogP contribution in [0.25, 0.3) is 0 Å². The molecule has 3 amide bonds. The fourth-order valence-corrected chi connectivity index (χ4v) is 5.26. The van der Waals surface area contributed by atoms with Crippen molar-refractivity contribution < 1.29 is 23.9 Å². The van der Waals surface area contributed by atoms with Crippen LogP contribution < -0.4 is 11.1 Å². The second kappa shape index (κ2) is 11.2. The number of carbonyl (C=O) groups is 3. The van der Waals surface area contributed by atoms with Crippen molar-refractivity contribution in [3.63, 3.8) is 0 Å². The summed E-state index contributed by atoms with van der Waals surface area (Å²) in [5, 5.41) is 18.1. The quantitative estimate of drug-likeness (QED) is 0.449. The van der Waals surface area contributed by atoms with Gasteiger partial charge in [-0.1, -0.05) is 42.5 Å². The molecule has 4 N–H and O–H groups in total. The van der Waals surface area contributed by atoms with E-state index in [4.69, 9.17) is 5.73 Å². The highest BCUT2D eigenvalue weighted by atomic mass is 19.1. The number of hydrogen-bond acceptors (Lipinski definition) is 6. The molecule has 1 unspecified atom stereocenters. The summed E-state index contributed by atoms with van der Waals surface area (Å²) in [6.45, 7) is 3.30. The lowest BCUT2D eigenvalue weighted by atomic mass is 9.73. The number of rotatable bonds is 9. The zero-order valence-corrected chi connectivity index (χ0v) is 22.6. The van der Waals surface area contributed by atoms with Gasteiger partial charge in [-0.25, -0.2) is 9.40 Å². The van der Waals surface area contributed by atoms with Crippen LogP contribution in [0, 0.1) is 11.2 Å². The van der Waals surface area contributed by atoms with Crippen molar-refractivity contribution >= 4 is 23.4 Å². The molecule has 2 aromatic carbocycles. The Bertz CT molecular complexity index is 1280. The Morgan fingerprint density at radius 1 is 1.21 bits per heavy atom. The number of aliphatic hydroxyl groups excluding tert-OH is 1. The average molecular weight is 538 g/mol. The topological polar surface area (TPSA) is 128 Å². The maximum absolute atomic E-state index is 14.5. The number of hydrazone groups is 1. The summed E-state index contributed by atoms with van der Waals surface area (Å²) >= 11 is 0. The van der Waals surface area contributed by atoms with E-state index in [0.29, 0.717) is 30.5 Å². The number of halogens is 1. The van der Waals surface area contributed by atoms with Crippen LogP contribution in [0.1, 0.15) is 43.4 Å². The number of nitrogens with one attached hydrogen (secondary N) is 1. The summed E-state index contributed by atoms with van der Waals surface area (Å²) in [5.41, 5.74) is 6.35. The summed E-state index contributed by atoms with van der Waals surface area (Å²) in [6, 6.07) is 12.9. The van der Waals surface area contributed by atoms with Gasteiger partial charge in [-0.3, -0.25) is 14.4 Å². The van der Waals surface area contributed by atoms with Gasteiger partial charge < -0.3 is 21.1 Å². The lowest BCUT2D eigenvalue weighted by molar-refractivity contribution is -0.142. The Morgan fingerprint density at radius 3 is 2.59 bits per heavy atom. The van der Waals surface area contributed by atoms with E-state index in [-0.39, 0.29) is 37.8 Å². The van der Waals surface area contributed by atoms with Crippen LogP contribution in [-0.4, -0.2) is 70.2 Å². The molecule has 0 aromatic heterocycles. The third-order valence-electron chi connectivity index (χ3n) is 7.45. The highest BCUT2D eigenvalue weighted by molar-refractivity contribution is 6.13. The van der Waals surface area contributed by atoms with Gasteiger partial charge in [-0.15, -0.1) is 0 Å². The summed E-state index contributed by atoms with van der Waals surface area (Å²) < 4.78 is 14.5. The van der Waals surface area contributed by atoms with E-state index in [9.17, 15) is 23.9 Å². The fourth-order valence-electron chi connectivity index (χ4n) is 5.26. The van der Waals surface area contributed by atoms with Crippen LogP contribution in [0.5, 0.6) is 0 Å². The number of hydrogen-bond donors (Lipinski definition) is 3. The first kappa shape index (κ1) is 28.4. The monoisotopic (exact) mass is 537 g/mol. The lowest BCUT2D eigenvalue weighted by Gasteiger charge is -2.41. The van der Waals surface area contributed by atoms with Gasteiger partial charge >= 0.3 is 0 Å². The van der Waals surface area contributed by atoms with Gasteiger partial charge in [0.25, 0.3) is 5.91 Å². The predicted octanol–water partition coefficient (Wildman–Crippen LogP) is 1.76. The molecule has 39 heavy (non-hydrogen) atoms. The molecule has 10 heteroatoms. The molecule has 4 rings (SSSR count). The molecule has 0 aliphatic carbocycles. The largest absolute Gasteiger partial charge is 0.392 e. The second-order valence-corrected chi connectivity index (χ2v) is 11.0. The lowest BCUT2D eigenvalue weighted by Crippen LogP contribution is -2.60. The Labute approximate surface area is 227 Å². The van der Waals surface area contributed by atoms with Crippen LogP contribution in [-0.2, 0) is 33.8 Å². The van der Waals surface area contributed by atoms with Gasteiger partial charge in [-0.2, -0.15) is 5.10 Å². The number of amides is 3. The van der Waals surface area contributed by atoms with Crippen LogP contribution in [0.3, 0.4) is 0 Å². The van der Waals surface area contributed by atoms with E-state index in [1.54, 1.807) is 31.9 Å². The molecule has 208 valence electrons. The molecule has 9 nitrogen and oxygen atoms in total. The van der Waals surface area contributed by atoms with Gasteiger partial charge in [0.15, 0.2) is 0 Å². The minimum atomic E-state index is -1.24. The molecule has 2 aromatic rings. The third kappa shape index (κ3) is 6.02. The molecule has 0 spiro atoms. The van der Waals surface area contributed by atoms with Crippen molar-refractivity contribution in [2.24, 2.45) is 16.3 Å². The van der Waals surface area contributed by atoms with Crippen molar-refractivity contribution in [3.05, 3.63) is 71.0 Å². The van der Waals surface area contributed by atoms with Crippen LogP contribution in [0.4, 0.5) is 4.39 Å². The van der Waals surface area contributed by atoms with E-state index >= 15 is 0 Å². The smallest absolute Gasteiger partial charge is 0.256 e. The van der Waals surface area contributed by atoms with Gasteiger partial charge in [0.1, 0.15) is 17.3 Å². The van der Waals surface area contributed by atoms with E-state index < -0.39 is 28.7 Å². The number of aryl methyl sites for hydroxylation is 1. The van der Waals surface area contributed by atoms with Crippen LogP contribution >= 0.6 is 0 Å². The van der Waals surface area contributed by atoms with E-state index in [1.165, 1.54) is 17.1 Å². The maximum Gasteiger partial charge on any atom is 0.256 e. The number of aliphatic hydroxyl groups is 1. The molecule has 2 aliphatic heterocycles. The zero-order chi connectivity index (χ0) is 28.4. The Balaban J connectivity index is 1.60. The molecular formula is C29H36FN5O4. The molecule has 2 aliphatic rings. The Morgan fingerprint density at radius 2 is 1.92 bits per heavy atom. The van der Waals surface area contributed by atoms with Gasteiger partial charge in [0, 0.05) is 26.6 Å². The molecule has 0 saturated carbocycles. The standard InChI is InChI=1S/C29H36FN5O4/c1-28(2,31)26(38)32-23(12-10-21-15-20(17-36)9-11-22(21)30)25(37)35-14-13-24-29(18-35,27(39)34(3)33-24)16-19-7-5-4-6-8-19/h4-9,11,15,23,36H,10,12-14,16-18,31H2,1-3H3,(H,32,38)/t23?,29-/m1/s1. The molecule has 0 bridgehead atoms. The Kier molecular flexibility index (Phi) is 8.17. The molecular weight excluding hydrogens is 501 g/mol. The highest BCUT2D eigenvalue weighted by Crippen LogP contribution is 2.38. The van der Waals surface area contributed by atoms with Crippen molar-refractivity contribution in [3.8, 4) is 0 Å². The van der Waals surface area contributed by atoms with Crippen LogP contribution in [0.15, 0.2) is 53.6 Å². The summed E-state index contributed by atoms with van der Waals surface area (Å²) in [4.78, 5) is 41.8. The molecule has 1 saturated heterocycles. The minimum Gasteiger partial charge on any atom is -0.392 e. The number of carbonyl (C=O) groups excluding carboxylic acids is 3. The number of nitrogens with two attached hydrogens (primary N) is 1. The summed E-state index contributed by atoms with van der Waals surface area (Å²) in [7, 11) is 1.62. The predicted molar refractivity (Wildman–Crippen MR) is 145 cm³/mol. The normalized spacial score (nSPS) is 19.9. The van der Waals surface area contributed by atoms with Crippen molar-refractivity contribution in [2.75, 3.05) is 20.1 Å². The second-order valence-electron chi connectivity index (χ2n) is 11.0. The third-order valence-corrected chi connectivity index (χ3v) is 7.45. The van der Waals surface area contributed by atoms with E-state index in [2.05, 4.69) is 10.4 Å². The number of fused-ring (bicyclic) bond motifs is 1. The van der Waals surface area contributed by atoms with E-state index in [1.807, 2.05) is 30.3 Å². The van der Waals surface area contributed by atoms with Crippen molar-refractivity contribution in [1.29, 1.82) is 0 Å². The molecule has 1 fully saturated rings. The zero-order valence-electron chi connectivity index (χ0n) is 22.6. The maximum atomic E-state index is 14.5. The SMILES string of the molecule is CN1N=C2CCN(C(=O)C(CCc3cc(CO)ccc3F)NC(=O)C(C)(C)N)C[C@@]2(Cc2ccccc2)C1=O. The minimum absolute atomic E-state index is 0.115. The summed E-state index contributed by atoms with van der Waals surface area (Å²) in [5.74, 6) is -1.50.